The van der Waals surface area contributed by atoms with Gasteiger partial charge in [0.2, 0.25) is 0 Å². The van der Waals surface area contributed by atoms with Crippen LogP contribution in [0.1, 0.15) is 11.1 Å². The molecule has 0 aliphatic rings. The van der Waals surface area contributed by atoms with E-state index >= 15 is 0 Å². The summed E-state index contributed by atoms with van der Waals surface area (Å²) in [7, 11) is -1.77. The standard InChI is InChI=1S/C13H12BFO2/c15-13-11(7-4-8-12(13)14(16)17)9-10-5-2-1-3-6-10/h1-8,16-17H,9H2. The summed E-state index contributed by atoms with van der Waals surface area (Å²) in [4.78, 5) is 0. The molecule has 0 saturated carbocycles. The molecule has 0 heterocycles. The minimum Gasteiger partial charge on any atom is -0.423 e. The van der Waals surface area contributed by atoms with Gasteiger partial charge in [0, 0.05) is 11.9 Å². The van der Waals surface area contributed by atoms with Gasteiger partial charge in [0.15, 0.2) is 0 Å². The van der Waals surface area contributed by atoms with Crippen molar-refractivity contribution < 1.29 is 14.4 Å². The molecule has 86 valence electrons. The normalized spacial score (nSPS) is 10.3. The first-order chi connectivity index (χ1) is 8.18. The van der Waals surface area contributed by atoms with E-state index in [-0.39, 0.29) is 5.46 Å². The van der Waals surface area contributed by atoms with Crippen molar-refractivity contribution >= 4 is 12.6 Å². The van der Waals surface area contributed by atoms with E-state index in [2.05, 4.69) is 0 Å². The molecule has 0 fully saturated rings. The summed E-state index contributed by atoms with van der Waals surface area (Å²) in [6.07, 6.45) is 0.438. The molecule has 0 aliphatic heterocycles. The van der Waals surface area contributed by atoms with Crippen LogP contribution < -0.4 is 5.46 Å². The molecule has 0 saturated heterocycles. The Bertz CT molecular complexity index is 500. The molecule has 0 atom stereocenters. The molecule has 0 aromatic heterocycles. The second-order valence-corrected chi connectivity index (χ2v) is 3.86. The highest BCUT2D eigenvalue weighted by Crippen LogP contribution is 2.11. The summed E-state index contributed by atoms with van der Waals surface area (Å²) in [6, 6.07) is 14.1. The van der Waals surface area contributed by atoms with Crippen LogP contribution in [-0.4, -0.2) is 17.2 Å². The van der Waals surface area contributed by atoms with Crippen LogP contribution in [0.25, 0.3) is 0 Å². The summed E-state index contributed by atoms with van der Waals surface area (Å²) in [5.41, 5.74) is 1.36. The molecule has 0 radical (unpaired) electrons. The zero-order chi connectivity index (χ0) is 12.3. The highest BCUT2D eigenvalue weighted by molar-refractivity contribution is 6.58. The largest absolute Gasteiger partial charge is 0.491 e. The molecule has 0 unspecified atom stereocenters. The van der Waals surface area contributed by atoms with Gasteiger partial charge in [-0.05, 0) is 11.1 Å². The van der Waals surface area contributed by atoms with Gasteiger partial charge in [-0.2, -0.15) is 0 Å². The van der Waals surface area contributed by atoms with Gasteiger partial charge in [0.1, 0.15) is 5.82 Å². The molecule has 2 aromatic rings. The second-order valence-electron chi connectivity index (χ2n) is 3.86. The Labute approximate surface area is 99.5 Å². The van der Waals surface area contributed by atoms with Crippen LogP contribution in [0, 0.1) is 5.82 Å². The second kappa shape index (κ2) is 5.12. The van der Waals surface area contributed by atoms with Crippen molar-refractivity contribution in [1.82, 2.24) is 0 Å². The fraction of sp³-hybridized carbons (Fsp3) is 0.0769. The molecular formula is C13H12BFO2. The topological polar surface area (TPSA) is 40.5 Å². The van der Waals surface area contributed by atoms with Crippen LogP contribution in [0.4, 0.5) is 4.39 Å². The zero-order valence-corrected chi connectivity index (χ0v) is 9.18. The van der Waals surface area contributed by atoms with Gasteiger partial charge in [-0.1, -0.05) is 48.5 Å². The Morgan fingerprint density at radius 2 is 1.65 bits per heavy atom. The van der Waals surface area contributed by atoms with Gasteiger partial charge in [0.25, 0.3) is 0 Å². The summed E-state index contributed by atoms with van der Waals surface area (Å²) < 4.78 is 13.9. The van der Waals surface area contributed by atoms with E-state index in [4.69, 9.17) is 10.0 Å². The molecule has 2 aromatic carbocycles. The third-order valence-electron chi connectivity index (χ3n) is 2.62. The van der Waals surface area contributed by atoms with Crippen LogP contribution in [-0.2, 0) is 6.42 Å². The fourth-order valence-corrected chi connectivity index (χ4v) is 1.75. The first kappa shape index (κ1) is 11.8. The minimum absolute atomic E-state index is 0.0848. The molecule has 0 amide bonds. The average Bonchev–Trinajstić information content (AvgIpc) is 2.33. The molecule has 0 spiro atoms. The fourth-order valence-electron chi connectivity index (χ4n) is 1.75. The van der Waals surface area contributed by atoms with E-state index in [1.165, 1.54) is 6.07 Å². The van der Waals surface area contributed by atoms with Crippen LogP contribution in [0.5, 0.6) is 0 Å². The first-order valence-electron chi connectivity index (χ1n) is 5.36. The highest BCUT2D eigenvalue weighted by Gasteiger charge is 2.18. The van der Waals surface area contributed by atoms with Crippen LogP contribution >= 0.6 is 0 Å². The number of benzene rings is 2. The summed E-state index contributed by atoms with van der Waals surface area (Å²) in [5, 5.41) is 18.0. The Morgan fingerprint density at radius 1 is 0.941 bits per heavy atom. The van der Waals surface area contributed by atoms with Gasteiger partial charge in [0.05, 0.1) is 0 Å². The summed E-state index contributed by atoms with van der Waals surface area (Å²) in [5.74, 6) is -0.550. The van der Waals surface area contributed by atoms with E-state index in [0.717, 1.165) is 5.56 Å². The van der Waals surface area contributed by atoms with Crippen LogP contribution in [0.2, 0.25) is 0 Å². The van der Waals surface area contributed by atoms with Crippen LogP contribution in [0.3, 0.4) is 0 Å². The SMILES string of the molecule is OB(O)c1cccc(Cc2ccccc2)c1F. The lowest BCUT2D eigenvalue weighted by Crippen LogP contribution is -2.33. The number of hydrogen-bond acceptors (Lipinski definition) is 2. The zero-order valence-electron chi connectivity index (χ0n) is 9.18. The van der Waals surface area contributed by atoms with Crippen LogP contribution in [0.15, 0.2) is 48.5 Å². The molecule has 17 heavy (non-hydrogen) atoms. The molecular weight excluding hydrogens is 218 g/mol. The molecule has 2 nitrogen and oxygen atoms in total. The van der Waals surface area contributed by atoms with Gasteiger partial charge in [-0.15, -0.1) is 0 Å². The van der Waals surface area contributed by atoms with E-state index in [1.54, 1.807) is 12.1 Å². The number of rotatable bonds is 3. The molecule has 0 bridgehead atoms. The maximum atomic E-state index is 13.9. The summed E-state index contributed by atoms with van der Waals surface area (Å²) in [6.45, 7) is 0. The lowest BCUT2D eigenvalue weighted by molar-refractivity contribution is 0.422. The molecule has 2 N–H and O–H groups in total. The van der Waals surface area contributed by atoms with Gasteiger partial charge in [-0.25, -0.2) is 4.39 Å². The maximum Gasteiger partial charge on any atom is 0.491 e. The van der Waals surface area contributed by atoms with E-state index in [1.807, 2.05) is 30.3 Å². The van der Waals surface area contributed by atoms with E-state index in [0.29, 0.717) is 12.0 Å². The van der Waals surface area contributed by atoms with E-state index < -0.39 is 12.9 Å². The Hall–Kier alpha value is -1.65. The van der Waals surface area contributed by atoms with Crippen molar-refractivity contribution in [2.24, 2.45) is 0 Å². The predicted octanol–water partition coefficient (Wildman–Crippen LogP) is 1.10. The van der Waals surface area contributed by atoms with Crippen molar-refractivity contribution in [2.45, 2.75) is 6.42 Å². The lowest BCUT2D eigenvalue weighted by Gasteiger charge is -2.07. The van der Waals surface area contributed by atoms with Crippen molar-refractivity contribution in [3.8, 4) is 0 Å². The summed E-state index contributed by atoms with van der Waals surface area (Å²) >= 11 is 0. The average molecular weight is 230 g/mol. The van der Waals surface area contributed by atoms with Gasteiger partial charge < -0.3 is 10.0 Å². The Morgan fingerprint density at radius 3 is 2.29 bits per heavy atom. The number of hydrogen-bond donors (Lipinski definition) is 2. The van der Waals surface area contributed by atoms with Crippen molar-refractivity contribution in [2.75, 3.05) is 0 Å². The molecule has 0 aliphatic carbocycles. The Balaban J connectivity index is 2.31. The lowest BCUT2D eigenvalue weighted by atomic mass is 9.78. The monoisotopic (exact) mass is 230 g/mol. The third kappa shape index (κ3) is 2.73. The molecule has 4 heteroatoms. The molecule has 2 rings (SSSR count). The van der Waals surface area contributed by atoms with Crippen molar-refractivity contribution in [3.63, 3.8) is 0 Å². The van der Waals surface area contributed by atoms with Gasteiger partial charge in [-0.3, -0.25) is 0 Å². The third-order valence-corrected chi connectivity index (χ3v) is 2.62. The quantitative estimate of drug-likeness (QED) is 0.775. The number of halogens is 1. The van der Waals surface area contributed by atoms with Gasteiger partial charge >= 0.3 is 7.12 Å². The van der Waals surface area contributed by atoms with E-state index in [9.17, 15) is 4.39 Å². The Kier molecular flexibility index (Phi) is 3.56. The van der Waals surface area contributed by atoms with Crippen molar-refractivity contribution in [1.29, 1.82) is 0 Å². The highest BCUT2D eigenvalue weighted by atomic mass is 19.1. The minimum atomic E-state index is -1.77. The predicted molar refractivity (Wildman–Crippen MR) is 65.5 cm³/mol. The maximum absolute atomic E-state index is 13.9. The smallest absolute Gasteiger partial charge is 0.423 e. The van der Waals surface area contributed by atoms with Crippen molar-refractivity contribution in [3.05, 3.63) is 65.5 Å². The first-order valence-corrected chi connectivity index (χ1v) is 5.36.